The van der Waals surface area contributed by atoms with E-state index in [1.807, 2.05) is 0 Å². The first-order valence-electron chi connectivity index (χ1n) is 5.43. The van der Waals surface area contributed by atoms with Crippen molar-refractivity contribution in [3.05, 3.63) is 35.9 Å². The standard InChI is InChI=1S/C12H11FN2O4/c1-12(2)18-10(16)7(11(17)19-12)6-14-9-5-3-4-8(13)15-9/h3-6H,1-2H3,(H,14,15). The van der Waals surface area contributed by atoms with E-state index >= 15 is 0 Å². The molecule has 1 aliphatic rings. The second-order valence-corrected chi connectivity index (χ2v) is 4.23. The second-order valence-electron chi connectivity index (χ2n) is 4.23. The number of ether oxygens (including phenoxy) is 2. The number of carbonyl (C=O) groups is 2. The Morgan fingerprint density at radius 1 is 1.26 bits per heavy atom. The van der Waals surface area contributed by atoms with Crippen molar-refractivity contribution in [2.75, 3.05) is 5.32 Å². The van der Waals surface area contributed by atoms with E-state index in [1.165, 1.54) is 32.0 Å². The molecule has 2 rings (SSSR count). The zero-order valence-corrected chi connectivity index (χ0v) is 10.3. The summed E-state index contributed by atoms with van der Waals surface area (Å²) in [5, 5.41) is 2.53. The third kappa shape index (κ3) is 3.06. The summed E-state index contributed by atoms with van der Waals surface area (Å²) in [6.07, 6.45) is 1.07. The number of aromatic nitrogens is 1. The molecule has 19 heavy (non-hydrogen) atoms. The minimum atomic E-state index is -1.29. The van der Waals surface area contributed by atoms with E-state index in [9.17, 15) is 14.0 Å². The summed E-state index contributed by atoms with van der Waals surface area (Å²) in [7, 11) is 0. The fraction of sp³-hybridized carbons (Fsp3) is 0.250. The number of nitrogens with zero attached hydrogens (tertiary/aromatic N) is 1. The van der Waals surface area contributed by atoms with Crippen LogP contribution >= 0.6 is 0 Å². The first-order valence-corrected chi connectivity index (χ1v) is 5.43. The number of pyridine rings is 1. The van der Waals surface area contributed by atoms with Crippen LogP contribution in [0.4, 0.5) is 10.2 Å². The van der Waals surface area contributed by atoms with Crippen molar-refractivity contribution in [2.24, 2.45) is 0 Å². The molecule has 1 fully saturated rings. The zero-order chi connectivity index (χ0) is 14.0. The van der Waals surface area contributed by atoms with E-state index in [1.54, 1.807) is 0 Å². The first-order chi connectivity index (χ1) is 8.87. The third-order valence-electron chi connectivity index (χ3n) is 2.20. The predicted molar refractivity (Wildman–Crippen MR) is 62.2 cm³/mol. The van der Waals surface area contributed by atoms with Crippen molar-refractivity contribution in [2.45, 2.75) is 19.6 Å². The van der Waals surface area contributed by atoms with Crippen molar-refractivity contribution >= 4 is 17.8 Å². The molecule has 0 aliphatic carbocycles. The molecule has 0 spiro atoms. The van der Waals surface area contributed by atoms with Gasteiger partial charge in [-0.05, 0) is 12.1 Å². The Bertz CT molecular complexity index is 547. The molecular weight excluding hydrogens is 255 g/mol. The van der Waals surface area contributed by atoms with Gasteiger partial charge in [-0.1, -0.05) is 6.07 Å². The van der Waals surface area contributed by atoms with Gasteiger partial charge in [0.2, 0.25) is 5.95 Å². The summed E-state index contributed by atoms with van der Waals surface area (Å²) < 4.78 is 22.6. The van der Waals surface area contributed by atoms with Gasteiger partial charge in [0.1, 0.15) is 5.82 Å². The van der Waals surface area contributed by atoms with Crippen LogP contribution in [0.1, 0.15) is 13.8 Å². The molecule has 0 bridgehead atoms. The predicted octanol–water partition coefficient (Wildman–Crippen LogP) is 1.35. The summed E-state index contributed by atoms with van der Waals surface area (Å²) >= 11 is 0. The Morgan fingerprint density at radius 3 is 2.47 bits per heavy atom. The molecule has 7 heteroatoms. The highest BCUT2D eigenvalue weighted by molar-refractivity contribution is 6.15. The first kappa shape index (κ1) is 13.0. The highest BCUT2D eigenvalue weighted by atomic mass is 19.1. The molecular formula is C12H11FN2O4. The lowest BCUT2D eigenvalue weighted by atomic mass is 10.2. The molecule has 0 aromatic carbocycles. The average Bonchev–Trinajstić information content (AvgIpc) is 2.26. The van der Waals surface area contributed by atoms with Gasteiger partial charge in [0.15, 0.2) is 5.57 Å². The van der Waals surface area contributed by atoms with Gasteiger partial charge in [0.05, 0.1) is 0 Å². The highest BCUT2D eigenvalue weighted by Gasteiger charge is 2.38. The van der Waals surface area contributed by atoms with Gasteiger partial charge in [0.25, 0.3) is 5.79 Å². The molecule has 6 nitrogen and oxygen atoms in total. The van der Waals surface area contributed by atoms with Gasteiger partial charge in [0, 0.05) is 20.0 Å². The van der Waals surface area contributed by atoms with E-state index in [0.29, 0.717) is 0 Å². The molecule has 1 aliphatic heterocycles. The van der Waals surface area contributed by atoms with Crippen LogP contribution in [0, 0.1) is 5.95 Å². The lowest BCUT2D eigenvalue weighted by Gasteiger charge is -2.29. The number of cyclic esters (lactones) is 2. The topological polar surface area (TPSA) is 77.5 Å². The Hall–Kier alpha value is -2.44. The molecule has 2 heterocycles. The van der Waals surface area contributed by atoms with Crippen LogP contribution in [-0.2, 0) is 19.1 Å². The number of nitrogens with one attached hydrogen (secondary N) is 1. The normalized spacial score (nSPS) is 17.5. The number of hydrogen-bond donors (Lipinski definition) is 1. The molecule has 0 unspecified atom stereocenters. The SMILES string of the molecule is CC1(C)OC(=O)C(=CNc2cccc(F)n2)C(=O)O1. The van der Waals surface area contributed by atoms with Gasteiger partial charge in [-0.25, -0.2) is 14.6 Å². The Labute approximate surface area is 108 Å². The largest absolute Gasteiger partial charge is 0.419 e. The lowest BCUT2D eigenvalue weighted by Crippen LogP contribution is -2.42. The number of anilines is 1. The number of hydrogen-bond acceptors (Lipinski definition) is 6. The quantitative estimate of drug-likeness (QED) is 0.377. The smallest absolute Gasteiger partial charge is 0.350 e. The maximum Gasteiger partial charge on any atom is 0.350 e. The average molecular weight is 266 g/mol. The molecule has 1 saturated heterocycles. The maximum absolute atomic E-state index is 12.8. The summed E-state index contributed by atoms with van der Waals surface area (Å²) in [5.74, 6) is -3.45. The lowest BCUT2D eigenvalue weighted by molar-refractivity contribution is -0.222. The van der Waals surface area contributed by atoms with Crippen LogP contribution in [0.2, 0.25) is 0 Å². The van der Waals surface area contributed by atoms with Crippen molar-refractivity contribution in [1.29, 1.82) is 0 Å². The van der Waals surface area contributed by atoms with Crippen LogP contribution in [0.25, 0.3) is 0 Å². The number of halogens is 1. The summed E-state index contributed by atoms with van der Waals surface area (Å²) in [6, 6.07) is 4.08. The molecule has 100 valence electrons. The van der Waals surface area contributed by atoms with Crippen molar-refractivity contribution < 1.29 is 23.5 Å². The minimum absolute atomic E-state index is 0.151. The molecule has 0 atom stereocenters. The van der Waals surface area contributed by atoms with Gasteiger partial charge in [-0.3, -0.25) is 0 Å². The number of esters is 2. The maximum atomic E-state index is 12.8. The monoisotopic (exact) mass is 266 g/mol. The zero-order valence-electron chi connectivity index (χ0n) is 10.3. The minimum Gasteiger partial charge on any atom is -0.419 e. The summed E-state index contributed by atoms with van der Waals surface area (Å²) in [5.41, 5.74) is -0.314. The third-order valence-corrected chi connectivity index (χ3v) is 2.20. The van der Waals surface area contributed by atoms with E-state index in [0.717, 1.165) is 6.20 Å². The van der Waals surface area contributed by atoms with E-state index in [2.05, 4.69) is 10.3 Å². The van der Waals surface area contributed by atoms with Crippen LogP contribution in [0.3, 0.4) is 0 Å². The summed E-state index contributed by atoms with van der Waals surface area (Å²) in [6.45, 7) is 2.89. The highest BCUT2D eigenvalue weighted by Crippen LogP contribution is 2.22. The van der Waals surface area contributed by atoms with E-state index in [4.69, 9.17) is 9.47 Å². The molecule has 1 aromatic heterocycles. The van der Waals surface area contributed by atoms with Gasteiger partial charge < -0.3 is 14.8 Å². The number of rotatable bonds is 2. The van der Waals surface area contributed by atoms with Gasteiger partial charge >= 0.3 is 11.9 Å². The molecule has 0 radical (unpaired) electrons. The second kappa shape index (κ2) is 4.68. The van der Waals surface area contributed by atoms with Crippen LogP contribution < -0.4 is 5.32 Å². The Balaban J connectivity index is 2.15. The Morgan fingerprint density at radius 2 is 1.89 bits per heavy atom. The van der Waals surface area contributed by atoms with Crippen LogP contribution in [0.5, 0.6) is 0 Å². The van der Waals surface area contributed by atoms with E-state index in [-0.39, 0.29) is 11.4 Å². The van der Waals surface area contributed by atoms with E-state index < -0.39 is 23.7 Å². The van der Waals surface area contributed by atoms with Gasteiger partial charge in [-0.2, -0.15) is 4.39 Å². The van der Waals surface area contributed by atoms with Crippen molar-refractivity contribution in [3.63, 3.8) is 0 Å². The van der Waals surface area contributed by atoms with Crippen LogP contribution in [-0.4, -0.2) is 22.7 Å². The van der Waals surface area contributed by atoms with Crippen molar-refractivity contribution in [1.82, 2.24) is 4.98 Å². The van der Waals surface area contributed by atoms with Crippen LogP contribution in [0.15, 0.2) is 30.0 Å². The fourth-order valence-electron chi connectivity index (χ4n) is 1.41. The van der Waals surface area contributed by atoms with Crippen molar-refractivity contribution in [3.8, 4) is 0 Å². The number of carbonyl (C=O) groups excluding carboxylic acids is 2. The Kier molecular flexibility index (Phi) is 3.20. The molecule has 1 N–H and O–H groups in total. The van der Waals surface area contributed by atoms with Gasteiger partial charge in [-0.15, -0.1) is 0 Å². The molecule has 1 aromatic rings. The molecule has 0 amide bonds. The summed E-state index contributed by atoms with van der Waals surface area (Å²) in [4.78, 5) is 26.7. The molecule has 0 saturated carbocycles. The fourth-order valence-corrected chi connectivity index (χ4v) is 1.41.